The van der Waals surface area contributed by atoms with Crippen molar-refractivity contribution in [2.45, 2.75) is 51.5 Å². The molecule has 4 saturated carbocycles. The molecule has 1 amide bonds. The number of nitrogens with one attached hydrogen (secondary N) is 1. The molecule has 2 heterocycles. The summed E-state index contributed by atoms with van der Waals surface area (Å²) in [5.74, 6) is 3.78. The number of nitrogens with zero attached hydrogens (tertiary/aromatic N) is 4. The van der Waals surface area contributed by atoms with Gasteiger partial charge in [-0.15, -0.1) is 0 Å². The molecule has 1 aromatic rings. The standard InChI is InChI=1S/C22H33N5O/c1-16(22-12-17-9-18(13-22)11-19(10-17)14-22)25-20(28)15-26-5-7-27(8-6-26)21-23-3-2-4-24-21/h2-4,16-19H,5-15H2,1H3,(H,25,28)/t16-,17?,18?,19?,22?/m1/s1. The molecule has 6 rings (SSSR count). The van der Waals surface area contributed by atoms with Crippen LogP contribution in [0.3, 0.4) is 0 Å². The molecule has 4 bridgehead atoms. The smallest absolute Gasteiger partial charge is 0.234 e. The number of carbonyl (C=O) groups is 1. The van der Waals surface area contributed by atoms with Crippen molar-refractivity contribution in [1.29, 1.82) is 0 Å². The maximum absolute atomic E-state index is 12.8. The van der Waals surface area contributed by atoms with Gasteiger partial charge in [0.15, 0.2) is 0 Å². The van der Waals surface area contributed by atoms with Gasteiger partial charge in [0.2, 0.25) is 11.9 Å². The van der Waals surface area contributed by atoms with Gasteiger partial charge in [-0.3, -0.25) is 9.69 Å². The van der Waals surface area contributed by atoms with Crippen LogP contribution in [0, 0.1) is 23.2 Å². The van der Waals surface area contributed by atoms with E-state index >= 15 is 0 Å². The third kappa shape index (κ3) is 3.51. The van der Waals surface area contributed by atoms with Crippen LogP contribution in [0.4, 0.5) is 5.95 Å². The number of carbonyl (C=O) groups excluding carboxylic acids is 1. The second kappa shape index (κ2) is 7.29. The van der Waals surface area contributed by atoms with Gasteiger partial charge in [0.1, 0.15) is 0 Å². The quantitative estimate of drug-likeness (QED) is 0.846. The largest absolute Gasteiger partial charge is 0.352 e. The van der Waals surface area contributed by atoms with Gasteiger partial charge in [-0.25, -0.2) is 9.97 Å². The van der Waals surface area contributed by atoms with Gasteiger partial charge >= 0.3 is 0 Å². The number of hydrogen-bond acceptors (Lipinski definition) is 5. The summed E-state index contributed by atoms with van der Waals surface area (Å²) in [6.07, 6.45) is 12.0. The summed E-state index contributed by atoms with van der Waals surface area (Å²) >= 11 is 0. The maximum atomic E-state index is 12.8. The van der Waals surface area contributed by atoms with Crippen LogP contribution >= 0.6 is 0 Å². The average molecular weight is 384 g/mol. The Kier molecular flexibility index (Phi) is 4.77. The van der Waals surface area contributed by atoms with E-state index in [0.717, 1.165) is 49.9 Å². The normalized spacial score (nSPS) is 35.8. The first-order valence-electron chi connectivity index (χ1n) is 11.1. The van der Waals surface area contributed by atoms with Crippen LogP contribution < -0.4 is 10.2 Å². The van der Waals surface area contributed by atoms with Crippen molar-refractivity contribution in [2.24, 2.45) is 23.2 Å². The fraction of sp³-hybridized carbons (Fsp3) is 0.773. The summed E-state index contributed by atoms with van der Waals surface area (Å²) in [5, 5.41) is 3.41. The van der Waals surface area contributed by atoms with Crippen molar-refractivity contribution in [3.05, 3.63) is 18.5 Å². The van der Waals surface area contributed by atoms with E-state index < -0.39 is 0 Å². The second-order valence-electron chi connectivity index (χ2n) is 9.88. The summed E-state index contributed by atoms with van der Waals surface area (Å²) in [6.45, 7) is 6.31. The van der Waals surface area contributed by atoms with E-state index in [4.69, 9.17) is 0 Å². The minimum Gasteiger partial charge on any atom is -0.352 e. The monoisotopic (exact) mass is 383 g/mol. The van der Waals surface area contributed by atoms with E-state index in [0.29, 0.717) is 18.0 Å². The zero-order valence-corrected chi connectivity index (χ0v) is 17.0. The van der Waals surface area contributed by atoms with Crippen LogP contribution in [0.1, 0.15) is 45.4 Å². The van der Waals surface area contributed by atoms with E-state index in [1.165, 1.54) is 38.5 Å². The molecule has 0 aromatic carbocycles. The highest BCUT2D eigenvalue weighted by molar-refractivity contribution is 5.78. The van der Waals surface area contributed by atoms with Crippen molar-refractivity contribution >= 4 is 11.9 Å². The molecular weight excluding hydrogens is 350 g/mol. The number of piperazine rings is 1. The summed E-state index contributed by atoms with van der Waals surface area (Å²) in [5.41, 5.74) is 0.383. The lowest BCUT2D eigenvalue weighted by molar-refractivity contribution is -0.127. The summed E-state index contributed by atoms with van der Waals surface area (Å²) in [7, 11) is 0. The third-order valence-electron chi connectivity index (χ3n) is 7.96. The third-order valence-corrected chi connectivity index (χ3v) is 7.96. The molecule has 1 aliphatic heterocycles. The Morgan fingerprint density at radius 3 is 2.21 bits per heavy atom. The van der Waals surface area contributed by atoms with Gasteiger partial charge in [-0.05, 0) is 74.7 Å². The number of rotatable bonds is 5. The number of hydrogen-bond donors (Lipinski definition) is 1. The topological polar surface area (TPSA) is 61.4 Å². The highest BCUT2D eigenvalue weighted by atomic mass is 16.2. The Morgan fingerprint density at radius 2 is 1.64 bits per heavy atom. The summed E-state index contributed by atoms with van der Waals surface area (Å²) in [4.78, 5) is 25.9. The zero-order valence-electron chi connectivity index (χ0n) is 17.0. The molecule has 0 spiro atoms. The molecule has 4 aliphatic carbocycles. The Hall–Kier alpha value is -1.69. The average Bonchev–Trinajstić information content (AvgIpc) is 2.68. The van der Waals surface area contributed by atoms with Gasteiger partial charge in [0, 0.05) is 44.6 Å². The van der Waals surface area contributed by atoms with E-state index in [2.05, 4.69) is 32.0 Å². The first-order chi connectivity index (χ1) is 13.6. The minimum absolute atomic E-state index is 0.202. The fourth-order valence-electron chi connectivity index (χ4n) is 6.91. The lowest BCUT2D eigenvalue weighted by Crippen LogP contribution is -2.57. The first kappa shape index (κ1) is 18.3. The molecule has 6 heteroatoms. The Bertz CT molecular complexity index is 665. The van der Waals surface area contributed by atoms with E-state index in [1.807, 2.05) is 6.07 Å². The molecule has 1 aromatic heterocycles. The Labute approximate surface area is 168 Å². The zero-order chi connectivity index (χ0) is 19.1. The lowest BCUT2D eigenvalue weighted by Gasteiger charge is -2.59. The van der Waals surface area contributed by atoms with E-state index in [-0.39, 0.29) is 5.91 Å². The molecule has 5 aliphatic rings. The highest BCUT2D eigenvalue weighted by Crippen LogP contribution is 2.61. The maximum Gasteiger partial charge on any atom is 0.234 e. The number of anilines is 1. The van der Waals surface area contributed by atoms with Crippen molar-refractivity contribution < 1.29 is 4.79 Å². The predicted octanol–water partition coefficient (Wildman–Crippen LogP) is 2.32. The summed E-state index contributed by atoms with van der Waals surface area (Å²) in [6, 6.07) is 2.15. The second-order valence-corrected chi connectivity index (χ2v) is 9.88. The van der Waals surface area contributed by atoms with E-state index in [1.54, 1.807) is 12.4 Å². The van der Waals surface area contributed by atoms with Crippen LogP contribution in [0.2, 0.25) is 0 Å². The number of amides is 1. The SMILES string of the molecule is C[C@@H](NC(=O)CN1CCN(c2ncccn2)CC1)C12CC3CC(CC(C3)C1)C2. The molecule has 0 radical (unpaired) electrons. The van der Waals surface area contributed by atoms with Crippen molar-refractivity contribution in [3.8, 4) is 0 Å². The molecular formula is C22H33N5O. The summed E-state index contributed by atoms with van der Waals surface area (Å²) < 4.78 is 0. The van der Waals surface area contributed by atoms with Crippen molar-refractivity contribution in [3.63, 3.8) is 0 Å². The van der Waals surface area contributed by atoms with Gasteiger partial charge < -0.3 is 10.2 Å². The molecule has 1 N–H and O–H groups in total. The van der Waals surface area contributed by atoms with E-state index in [9.17, 15) is 4.79 Å². The Balaban J connectivity index is 1.12. The fourth-order valence-corrected chi connectivity index (χ4v) is 6.91. The molecule has 1 atom stereocenters. The van der Waals surface area contributed by atoms with Crippen molar-refractivity contribution in [2.75, 3.05) is 37.6 Å². The first-order valence-corrected chi connectivity index (χ1v) is 11.1. The molecule has 0 unspecified atom stereocenters. The molecule has 5 fully saturated rings. The number of aromatic nitrogens is 2. The molecule has 152 valence electrons. The van der Waals surface area contributed by atoms with Crippen LogP contribution in [-0.2, 0) is 4.79 Å². The Morgan fingerprint density at radius 1 is 1.07 bits per heavy atom. The lowest BCUT2D eigenvalue weighted by atomic mass is 9.48. The van der Waals surface area contributed by atoms with Crippen LogP contribution in [0.5, 0.6) is 0 Å². The van der Waals surface area contributed by atoms with Gasteiger partial charge in [-0.1, -0.05) is 0 Å². The van der Waals surface area contributed by atoms with Gasteiger partial charge in [0.25, 0.3) is 0 Å². The van der Waals surface area contributed by atoms with Gasteiger partial charge in [0.05, 0.1) is 6.54 Å². The minimum atomic E-state index is 0.202. The van der Waals surface area contributed by atoms with Crippen LogP contribution in [-0.4, -0.2) is 59.5 Å². The van der Waals surface area contributed by atoms with Crippen LogP contribution in [0.25, 0.3) is 0 Å². The highest BCUT2D eigenvalue weighted by Gasteiger charge is 2.53. The van der Waals surface area contributed by atoms with Gasteiger partial charge in [-0.2, -0.15) is 0 Å². The predicted molar refractivity (Wildman–Crippen MR) is 109 cm³/mol. The van der Waals surface area contributed by atoms with Crippen LogP contribution in [0.15, 0.2) is 18.5 Å². The molecule has 28 heavy (non-hydrogen) atoms. The molecule has 6 nitrogen and oxygen atoms in total. The molecule has 1 saturated heterocycles. The van der Waals surface area contributed by atoms with Crippen molar-refractivity contribution in [1.82, 2.24) is 20.2 Å².